The molecule has 0 unspecified atom stereocenters. The number of nitrogens with one attached hydrogen (secondary N) is 1. The van der Waals surface area contributed by atoms with Crippen LogP contribution in [-0.4, -0.2) is 61.8 Å². The Bertz CT molecular complexity index is 687. The lowest BCUT2D eigenvalue weighted by Crippen LogP contribution is -2.48. The van der Waals surface area contributed by atoms with Crippen molar-refractivity contribution >= 4 is 15.9 Å². The molecule has 0 saturated carbocycles. The van der Waals surface area contributed by atoms with E-state index in [4.69, 9.17) is 0 Å². The fourth-order valence-electron chi connectivity index (χ4n) is 2.65. The van der Waals surface area contributed by atoms with E-state index in [9.17, 15) is 13.2 Å². The number of carbonyl (C=O) groups is 1. The molecule has 0 aliphatic carbocycles. The van der Waals surface area contributed by atoms with Gasteiger partial charge in [-0.25, -0.2) is 8.42 Å². The second kappa shape index (κ2) is 7.21. The molecule has 1 aromatic carbocycles. The maximum Gasteiger partial charge on any atom is 0.251 e. The maximum atomic E-state index is 12.8. The van der Waals surface area contributed by atoms with E-state index in [-0.39, 0.29) is 16.3 Å². The summed E-state index contributed by atoms with van der Waals surface area (Å²) in [5.74, 6) is -0.268. The van der Waals surface area contributed by atoms with Crippen LogP contribution in [0.5, 0.6) is 0 Å². The normalized spacial score (nSPS) is 17.7. The molecule has 1 fully saturated rings. The molecule has 1 N–H and O–H groups in total. The van der Waals surface area contributed by atoms with Crippen LogP contribution >= 0.6 is 0 Å². The van der Waals surface area contributed by atoms with Gasteiger partial charge >= 0.3 is 0 Å². The lowest BCUT2D eigenvalue weighted by atomic mass is 10.1. The van der Waals surface area contributed by atoms with Crippen LogP contribution in [0.15, 0.2) is 29.2 Å². The predicted molar refractivity (Wildman–Crippen MR) is 94.5 cm³/mol. The summed E-state index contributed by atoms with van der Waals surface area (Å²) >= 11 is 0. The Labute approximate surface area is 144 Å². The smallest absolute Gasteiger partial charge is 0.251 e. The average molecular weight is 353 g/mol. The van der Waals surface area contributed by atoms with Gasteiger partial charge in [0.25, 0.3) is 5.91 Å². The molecule has 1 aromatic rings. The number of piperazine rings is 1. The molecule has 7 heteroatoms. The highest BCUT2D eigenvalue weighted by Gasteiger charge is 2.28. The Morgan fingerprint density at radius 3 is 2.33 bits per heavy atom. The van der Waals surface area contributed by atoms with Gasteiger partial charge in [-0.3, -0.25) is 4.79 Å². The molecule has 134 valence electrons. The second-order valence-electron chi connectivity index (χ2n) is 7.07. The van der Waals surface area contributed by atoms with Crippen molar-refractivity contribution in [1.82, 2.24) is 14.5 Å². The van der Waals surface area contributed by atoms with Crippen LogP contribution in [0.25, 0.3) is 0 Å². The molecule has 0 bridgehead atoms. The Balaban J connectivity index is 2.20. The average Bonchev–Trinajstić information content (AvgIpc) is 2.53. The highest BCUT2D eigenvalue weighted by Crippen LogP contribution is 2.19. The lowest BCUT2D eigenvalue weighted by Gasteiger charge is -2.33. The number of hydrogen-bond donors (Lipinski definition) is 1. The summed E-state index contributed by atoms with van der Waals surface area (Å²) in [6.45, 7) is 11.1. The minimum Gasteiger partial charge on any atom is -0.347 e. The Morgan fingerprint density at radius 2 is 1.79 bits per heavy atom. The molecule has 1 aliphatic heterocycles. The zero-order chi connectivity index (χ0) is 18.0. The van der Waals surface area contributed by atoms with Gasteiger partial charge in [-0.1, -0.05) is 13.0 Å². The summed E-state index contributed by atoms with van der Waals surface area (Å²) in [5, 5.41) is 2.85. The minimum atomic E-state index is -3.57. The highest BCUT2D eigenvalue weighted by molar-refractivity contribution is 7.89. The molecular formula is C17H27N3O3S. The Morgan fingerprint density at radius 1 is 1.17 bits per heavy atom. The van der Waals surface area contributed by atoms with E-state index in [0.717, 1.165) is 19.6 Å². The molecule has 1 aliphatic rings. The fraction of sp³-hybridized carbons (Fsp3) is 0.588. The first-order valence-electron chi connectivity index (χ1n) is 8.28. The lowest BCUT2D eigenvalue weighted by molar-refractivity contribution is 0.0919. The second-order valence-corrected chi connectivity index (χ2v) is 9.01. The van der Waals surface area contributed by atoms with Crippen LogP contribution < -0.4 is 5.32 Å². The van der Waals surface area contributed by atoms with E-state index in [1.54, 1.807) is 18.2 Å². The molecule has 0 spiro atoms. The third-order valence-electron chi connectivity index (χ3n) is 4.00. The summed E-state index contributed by atoms with van der Waals surface area (Å²) in [6.07, 6.45) is 0. The number of likely N-dealkylation sites (N-methyl/N-ethyl adjacent to an activating group) is 1. The molecule has 1 amide bonds. The molecule has 24 heavy (non-hydrogen) atoms. The quantitative estimate of drug-likeness (QED) is 0.891. The van der Waals surface area contributed by atoms with Gasteiger partial charge in [0.15, 0.2) is 0 Å². The first kappa shape index (κ1) is 18.9. The van der Waals surface area contributed by atoms with Gasteiger partial charge in [0, 0.05) is 37.3 Å². The molecule has 0 radical (unpaired) electrons. The molecular weight excluding hydrogens is 326 g/mol. The van der Waals surface area contributed by atoms with E-state index in [1.807, 2.05) is 20.8 Å². The number of amides is 1. The van der Waals surface area contributed by atoms with Gasteiger partial charge in [-0.15, -0.1) is 0 Å². The van der Waals surface area contributed by atoms with Gasteiger partial charge in [-0.05, 0) is 45.5 Å². The summed E-state index contributed by atoms with van der Waals surface area (Å²) in [5.41, 5.74) is -0.0131. The third kappa shape index (κ3) is 4.55. The van der Waals surface area contributed by atoms with Crippen LogP contribution in [0.3, 0.4) is 0 Å². The van der Waals surface area contributed by atoms with Crippen LogP contribution in [0.1, 0.15) is 38.1 Å². The molecule has 1 saturated heterocycles. The monoisotopic (exact) mass is 353 g/mol. The predicted octanol–water partition coefficient (Wildman–Crippen LogP) is 1.54. The van der Waals surface area contributed by atoms with Gasteiger partial charge < -0.3 is 10.2 Å². The first-order valence-corrected chi connectivity index (χ1v) is 9.72. The van der Waals surface area contributed by atoms with Crippen molar-refractivity contribution < 1.29 is 13.2 Å². The van der Waals surface area contributed by atoms with Crippen LogP contribution in [0.2, 0.25) is 0 Å². The Kier molecular flexibility index (Phi) is 5.67. The summed E-state index contributed by atoms with van der Waals surface area (Å²) < 4.78 is 27.1. The largest absolute Gasteiger partial charge is 0.347 e. The van der Waals surface area contributed by atoms with Crippen molar-refractivity contribution in [2.45, 2.75) is 38.1 Å². The summed E-state index contributed by atoms with van der Waals surface area (Å²) in [4.78, 5) is 14.7. The van der Waals surface area contributed by atoms with E-state index < -0.39 is 10.0 Å². The van der Waals surface area contributed by atoms with Crippen LogP contribution in [-0.2, 0) is 10.0 Å². The van der Waals surface area contributed by atoms with E-state index in [1.165, 1.54) is 10.4 Å². The number of benzene rings is 1. The summed E-state index contributed by atoms with van der Waals surface area (Å²) in [7, 11) is -3.57. The molecule has 0 atom stereocenters. The Hall–Kier alpha value is -1.44. The number of rotatable bonds is 4. The standard InChI is InChI=1S/C17H27N3O3S/c1-5-19-9-11-20(12-10-19)24(22,23)15-8-6-7-14(13-15)16(21)18-17(2,3)4/h6-8,13H,5,9-12H2,1-4H3,(H,18,21). The van der Waals surface area contributed by atoms with Gasteiger partial charge in [0.1, 0.15) is 0 Å². The van der Waals surface area contributed by atoms with E-state index >= 15 is 0 Å². The van der Waals surface area contributed by atoms with Gasteiger partial charge in [0.2, 0.25) is 10.0 Å². The molecule has 0 aromatic heterocycles. The van der Waals surface area contributed by atoms with Gasteiger partial charge in [0.05, 0.1) is 4.90 Å². The maximum absolute atomic E-state index is 12.8. The third-order valence-corrected chi connectivity index (χ3v) is 5.90. The molecule has 1 heterocycles. The van der Waals surface area contributed by atoms with Crippen molar-refractivity contribution in [3.63, 3.8) is 0 Å². The zero-order valence-electron chi connectivity index (χ0n) is 14.9. The van der Waals surface area contributed by atoms with E-state index in [0.29, 0.717) is 18.7 Å². The van der Waals surface area contributed by atoms with Gasteiger partial charge in [-0.2, -0.15) is 4.31 Å². The number of sulfonamides is 1. The number of carbonyl (C=O) groups excluding carboxylic acids is 1. The van der Waals surface area contributed by atoms with Crippen LogP contribution in [0.4, 0.5) is 0 Å². The van der Waals surface area contributed by atoms with Crippen molar-refractivity contribution in [2.75, 3.05) is 32.7 Å². The van der Waals surface area contributed by atoms with E-state index in [2.05, 4.69) is 17.1 Å². The fourth-order valence-corrected chi connectivity index (χ4v) is 4.11. The highest BCUT2D eigenvalue weighted by atomic mass is 32.2. The van der Waals surface area contributed by atoms with Crippen molar-refractivity contribution in [3.8, 4) is 0 Å². The summed E-state index contributed by atoms with van der Waals surface area (Å²) in [6, 6.07) is 6.26. The van der Waals surface area contributed by atoms with Crippen molar-refractivity contribution in [3.05, 3.63) is 29.8 Å². The first-order chi connectivity index (χ1) is 11.1. The van der Waals surface area contributed by atoms with Crippen molar-refractivity contribution in [1.29, 1.82) is 0 Å². The molecule has 6 nitrogen and oxygen atoms in total. The molecule has 2 rings (SSSR count). The number of hydrogen-bond acceptors (Lipinski definition) is 4. The van der Waals surface area contributed by atoms with Crippen molar-refractivity contribution in [2.24, 2.45) is 0 Å². The van der Waals surface area contributed by atoms with Crippen LogP contribution in [0, 0.1) is 0 Å². The minimum absolute atomic E-state index is 0.175. The SMILES string of the molecule is CCN1CCN(S(=O)(=O)c2cccc(C(=O)NC(C)(C)C)c2)CC1. The zero-order valence-corrected chi connectivity index (χ0v) is 15.7. The topological polar surface area (TPSA) is 69.7 Å². The number of nitrogens with zero attached hydrogens (tertiary/aromatic N) is 2.